The van der Waals surface area contributed by atoms with Gasteiger partial charge in [-0.15, -0.1) is 0 Å². The number of hydrogen-bond acceptors (Lipinski definition) is 2. The smallest absolute Gasteiger partial charge is 0.258 e. The van der Waals surface area contributed by atoms with Gasteiger partial charge in [0.25, 0.3) is 5.91 Å². The molecule has 3 aromatic carbocycles. The maximum Gasteiger partial charge on any atom is 0.258 e. The van der Waals surface area contributed by atoms with Crippen molar-refractivity contribution >= 4 is 17.4 Å². The fourth-order valence-corrected chi connectivity index (χ4v) is 2.98. The van der Waals surface area contributed by atoms with E-state index in [4.69, 9.17) is 0 Å². The van der Waals surface area contributed by atoms with E-state index in [1.165, 1.54) is 12.1 Å². The average molecular weight is 397 g/mol. The first-order chi connectivity index (χ1) is 13.8. The van der Waals surface area contributed by atoms with E-state index >= 15 is 0 Å². The van der Waals surface area contributed by atoms with Crippen molar-refractivity contribution in [2.24, 2.45) is 0 Å². The highest BCUT2D eigenvalue weighted by molar-refractivity contribution is 6.04. The molecule has 0 unspecified atom stereocenters. The second-order valence-corrected chi connectivity index (χ2v) is 6.77. The molecule has 0 aliphatic heterocycles. The summed E-state index contributed by atoms with van der Waals surface area (Å²) in [6, 6.07) is 14.0. The van der Waals surface area contributed by atoms with Gasteiger partial charge in [0.1, 0.15) is 23.2 Å². The van der Waals surface area contributed by atoms with Crippen LogP contribution in [0.4, 0.5) is 18.9 Å². The van der Waals surface area contributed by atoms with Gasteiger partial charge in [-0.2, -0.15) is 0 Å². The van der Waals surface area contributed by atoms with Gasteiger partial charge >= 0.3 is 0 Å². The minimum absolute atomic E-state index is 0.0575. The molecule has 148 valence electrons. The molecule has 0 aromatic heterocycles. The minimum atomic E-state index is -1.05. The Morgan fingerprint density at radius 1 is 0.828 bits per heavy atom. The molecule has 29 heavy (non-hydrogen) atoms. The summed E-state index contributed by atoms with van der Waals surface area (Å²) in [7, 11) is 0. The molecule has 0 bridgehead atoms. The Labute approximate surface area is 166 Å². The molecule has 0 fully saturated rings. The third kappa shape index (κ3) is 5.31. The number of carbonyl (C=O) groups excluding carboxylic acids is 2. The van der Waals surface area contributed by atoms with E-state index in [2.05, 4.69) is 5.32 Å². The van der Waals surface area contributed by atoms with E-state index in [9.17, 15) is 22.8 Å². The number of rotatable bonds is 6. The van der Waals surface area contributed by atoms with Crippen molar-refractivity contribution in [3.8, 4) is 0 Å². The molecule has 0 radical (unpaired) electrons. The van der Waals surface area contributed by atoms with E-state index in [-0.39, 0.29) is 24.3 Å². The normalized spacial score (nSPS) is 10.6. The van der Waals surface area contributed by atoms with Crippen LogP contribution in [0.1, 0.15) is 27.0 Å². The Morgan fingerprint density at radius 3 is 2.24 bits per heavy atom. The second-order valence-electron chi connectivity index (χ2n) is 6.77. The number of carbonyl (C=O) groups is 2. The van der Waals surface area contributed by atoms with E-state index in [1.54, 1.807) is 0 Å². The van der Waals surface area contributed by atoms with Crippen LogP contribution in [0.3, 0.4) is 0 Å². The first-order valence-corrected chi connectivity index (χ1v) is 8.94. The van der Waals surface area contributed by atoms with Gasteiger partial charge in [0.2, 0.25) is 0 Å². The van der Waals surface area contributed by atoms with E-state index in [1.807, 2.05) is 31.2 Å². The highest BCUT2D eigenvalue weighted by atomic mass is 19.1. The van der Waals surface area contributed by atoms with Crippen LogP contribution in [0.15, 0.2) is 60.7 Å². The van der Waals surface area contributed by atoms with Crippen LogP contribution < -0.4 is 5.32 Å². The molecule has 6 heteroatoms. The molecule has 1 amide bonds. The van der Waals surface area contributed by atoms with Crippen molar-refractivity contribution in [1.82, 2.24) is 0 Å². The molecule has 0 saturated heterocycles. The Bertz CT molecular complexity index is 1080. The molecule has 0 aliphatic rings. The fourth-order valence-electron chi connectivity index (χ4n) is 2.98. The lowest BCUT2D eigenvalue weighted by Gasteiger charge is -2.10. The lowest BCUT2D eigenvalue weighted by Crippen LogP contribution is -2.15. The van der Waals surface area contributed by atoms with Gasteiger partial charge in [-0.3, -0.25) is 9.59 Å². The van der Waals surface area contributed by atoms with Crippen LogP contribution >= 0.6 is 0 Å². The molecule has 0 heterocycles. The zero-order valence-corrected chi connectivity index (χ0v) is 15.6. The number of aryl methyl sites for hydroxylation is 1. The number of benzene rings is 3. The van der Waals surface area contributed by atoms with E-state index in [0.29, 0.717) is 11.6 Å². The van der Waals surface area contributed by atoms with Crippen LogP contribution in [0, 0.1) is 24.4 Å². The number of hydrogen-bond donors (Lipinski definition) is 1. The molecular formula is C23H18F3NO2. The molecule has 3 rings (SSSR count). The number of nitrogens with one attached hydrogen (secondary N) is 1. The number of anilines is 1. The van der Waals surface area contributed by atoms with Crippen molar-refractivity contribution in [2.75, 3.05) is 5.32 Å². The lowest BCUT2D eigenvalue weighted by atomic mass is 10.0. The summed E-state index contributed by atoms with van der Waals surface area (Å²) in [5.74, 6) is -3.57. The first-order valence-electron chi connectivity index (χ1n) is 8.94. The molecule has 0 spiro atoms. The first kappa shape index (κ1) is 20.3. The Morgan fingerprint density at radius 2 is 1.55 bits per heavy atom. The number of Topliss-reactive ketones (excluding diaryl/α,β-unsaturated/α-hetero) is 1. The predicted molar refractivity (Wildman–Crippen MR) is 104 cm³/mol. The van der Waals surface area contributed by atoms with Crippen molar-refractivity contribution in [3.63, 3.8) is 0 Å². The predicted octanol–water partition coefficient (Wildman–Crippen LogP) is 5.02. The zero-order chi connectivity index (χ0) is 21.0. The largest absolute Gasteiger partial charge is 0.319 e. The van der Waals surface area contributed by atoms with Gasteiger partial charge in [-0.25, -0.2) is 13.2 Å². The number of halogens is 3. The Balaban J connectivity index is 1.72. The standard InChI is InChI=1S/C23H18F3NO2/c1-14-3-2-4-15(9-14)10-18(28)11-16-5-8-20(25)22(12-16)27-23(29)19-7-6-17(24)13-21(19)26/h2-9,12-13H,10-11H2,1H3,(H,27,29). The monoisotopic (exact) mass is 397 g/mol. The van der Waals surface area contributed by atoms with E-state index < -0.39 is 28.9 Å². The molecule has 0 aliphatic carbocycles. The second kappa shape index (κ2) is 8.73. The maximum atomic E-state index is 14.1. The summed E-state index contributed by atoms with van der Waals surface area (Å²) < 4.78 is 40.8. The minimum Gasteiger partial charge on any atom is -0.319 e. The Hall–Kier alpha value is -3.41. The maximum absolute atomic E-state index is 14.1. The third-order valence-corrected chi connectivity index (χ3v) is 4.34. The molecule has 1 N–H and O–H groups in total. The molecular weight excluding hydrogens is 379 g/mol. The van der Waals surface area contributed by atoms with Gasteiger partial charge in [-0.1, -0.05) is 35.9 Å². The van der Waals surface area contributed by atoms with Gasteiger partial charge in [-0.05, 0) is 42.3 Å². The topological polar surface area (TPSA) is 46.2 Å². The molecule has 3 nitrogen and oxygen atoms in total. The quantitative estimate of drug-likeness (QED) is 0.635. The van der Waals surface area contributed by atoms with Crippen molar-refractivity contribution in [3.05, 3.63) is 100 Å². The van der Waals surface area contributed by atoms with Crippen LogP contribution in [0.2, 0.25) is 0 Å². The van der Waals surface area contributed by atoms with Crippen molar-refractivity contribution < 1.29 is 22.8 Å². The summed E-state index contributed by atoms with van der Waals surface area (Å²) in [4.78, 5) is 24.5. The number of ketones is 1. The van der Waals surface area contributed by atoms with E-state index in [0.717, 1.165) is 29.3 Å². The lowest BCUT2D eigenvalue weighted by molar-refractivity contribution is -0.117. The van der Waals surface area contributed by atoms with Crippen LogP contribution in [0.5, 0.6) is 0 Å². The highest BCUT2D eigenvalue weighted by Gasteiger charge is 2.15. The van der Waals surface area contributed by atoms with Crippen molar-refractivity contribution in [2.45, 2.75) is 19.8 Å². The molecule has 3 aromatic rings. The van der Waals surface area contributed by atoms with Crippen LogP contribution in [0.25, 0.3) is 0 Å². The summed E-state index contributed by atoms with van der Waals surface area (Å²) in [6.45, 7) is 1.94. The highest BCUT2D eigenvalue weighted by Crippen LogP contribution is 2.19. The Kier molecular flexibility index (Phi) is 6.12. The van der Waals surface area contributed by atoms with Gasteiger partial charge in [0, 0.05) is 18.9 Å². The van der Waals surface area contributed by atoms with Crippen LogP contribution in [-0.4, -0.2) is 11.7 Å². The number of amides is 1. The SMILES string of the molecule is Cc1cccc(CC(=O)Cc2ccc(F)c(NC(=O)c3ccc(F)cc3F)c2)c1. The van der Waals surface area contributed by atoms with Crippen LogP contribution in [-0.2, 0) is 17.6 Å². The van der Waals surface area contributed by atoms with Gasteiger partial charge in [0.05, 0.1) is 11.3 Å². The van der Waals surface area contributed by atoms with Gasteiger partial charge in [0.15, 0.2) is 0 Å². The summed E-state index contributed by atoms with van der Waals surface area (Å²) in [5, 5.41) is 2.27. The summed E-state index contributed by atoms with van der Waals surface area (Å²) >= 11 is 0. The third-order valence-electron chi connectivity index (χ3n) is 4.34. The molecule has 0 atom stereocenters. The van der Waals surface area contributed by atoms with Gasteiger partial charge < -0.3 is 5.32 Å². The summed E-state index contributed by atoms with van der Waals surface area (Å²) in [5.41, 5.74) is 1.86. The fraction of sp³-hybridized carbons (Fsp3) is 0.130. The summed E-state index contributed by atoms with van der Waals surface area (Å²) in [6.07, 6.45) is 0.295. The average Bonchev–Trinajstić information content (AvgIpc) is 2.64. The molecule has 0 saturated carbocycles. The van der Waals surface area contributed by atoms with Crippen molar-refractivity contribution in [1.29, 1.82) is 0 Å². The zero-order valence-electron chi connectivity index (χ0n) is 15.6.